The van der Waals surface area contributed by atoms with Crippen molar-refractivity contribution >= 4 is 38.4 Å². The molecule has 162 valence electrons. The highest BCUT2D eigenvalue weighted by Crippen LogP contribution is 2.37. The molecule has 3 heterocycles. The van der Waals surface area contributed by atoms with Gasteiger partial charge in [0.25, 0.3) is 0 Å². The quantitative estimate of drug-likeness (QED) is 0.289. The predicted octanol–water partition coefficient (Wildman–Crippen LogP) is 7.39. The van der Waals surface area contributed by atoms with E-state index in [-0.39, 0.29) is 0 Å². The molecule has 0 saturated heterocycles. The molecule has 34 heavy (non-hydrogen) atoms. The van der Waals surface area contributed by atoms with Crippen LogP contribution in [0.3, 0.4) is 0 Å². The van der Waals surface area contributed by atoms with Gasteiger partial charge in [-0.1, -0.05) is 66.7 Å². The van der Waals surface area contributed by atoms with Gasteiger partial charge in [-0.25, -0.2) is 9.97 Å². The highest BCUT2D eigenvalue weighted by molar-refractivity contribution is 6.18. The fourth-order valence-corrected chi connectivity index (χ4v) is 5.16. The lowest BCUT2D eigenvalue weighted by molar-refractivity contribution is 0.964. The molecule has 0 radical (unpaired) electrons. The third-order valence-corrected chi connectivity index (χ3v) is 6.71. The average Bonchev–Trinajstić information content (AvgIpc) is 3.49. The van der Waals surface area contributed by atoms with Crippen molar-refractivity contribution in [3.8, 4) is 17.2 Å². The first-order valence-electron chi connectivity index (χ1n) is 11.7. The summed E-state index contributed by atoms with van der Waals surface area (Å²) in [5.41, 5.74) is 5.89. The molecule has 3 aromatic heterocycles. The second-order valence-corrected chi connectivity index (χ2v) is 8.66. The maximum Gasteiger partial charge on any atom is 0.161 e. The number of rotatable bonds is 3. The van der Waals surface area contributed by atoms with Crippen molar-refractivity contribution in [2.75, 3.05) is 0 Å². The molecule has 0 N–H and O–H groups in total. The lowest BCUT2D eigenvalue weighted by Crippen LogP contribution is -2.00. The highest BCUT2D eigenvalue weighted by Gasteiger charge is 2.18. The summed E-state index contributed by atoms with van der Waals surface area (Å²) in [5, 5.41) is 3.69. The van der Waals surface area contributed by atoms with Crippen LogP contribution in [-0.4, -0.2) is 19.1 Å². The zero-order valence-corrected chi connectivity index (χ0v) is 18.6. The Morgan fingerprint density at radius 2 is 1.62 bits per heavy atom. The molecule has 0 atom stereocenters. The van der Waals surface area contributed by atoms with Crippen LogP contribution < -0.4 is 0 Å². The van der Waals surface area contributed by atoms with Crippen LogP contribution >= 0.6 is 0 Å². The molecule has 6 aromatic rings. The maximum absolute atomic E-state index is 5.01. The fourth-order valence-electron chi connectivity index (χ4n) is 5.16. The standard InChI is InChI=1S/C30H22N4/c1-3-9-21(10-4-1)30-31-19-17-28(32-30)34-27-14-8-7-13-23(27)24-15-16-26-25(29(24)34)18-20-33(26)22-11-5-2-6-12-22/h1-5,7-11,13-20H,6,12H2. The summed E-state index contributed by atoms with van der Waals surface area (Å²) in [6, 6.07) is 27.5. The lowest BCUT2D eigenvalue weighted by atomic mass is 10.1. The average molecular weight is 439 g/mol. The van der Waals surface area contributed by atoms with Crippen LogP contribution in [-0.2, 0) is 0 Å². The van der Waals surface area contributed by atoms with Gasteiger partial charge in [-0.05, 0) is 43.2 Å². The van der Waals surface area contributed by atoms with Gasteiger partial charge in [0.05, 0.1) is 16.6 Å². The lowest BCUT2D eigenvalue weighted by Gasteiger charge is -2.13. The van der Waals surface area contributed by atoms with Crippen LogP contribution in [0.2, 0.25) is 0 Å². The monoisotopic (exact) mass is 438 g/mol. The molecule has 0 unspecified atom stereocenters. The number of aromatic nitrogens is 4. The maximum atomic E-state index is 5.01. The van der Waals surface area contributed by atoms with E-state index in [0.29, 0.717) is 0 Å². The summed E-state index contributed by atoms with van der Waals surface area (Å²) in [7, 11) is 0. The minimum atomic E-state index is 0.730. The SMILES string of the molecule is C1=CCCC(n2ccc3c2ccc2c4ccccc4n(-c4ccnc(-c5ccccc5)n4)c23)=C1. The van der Waals surface area contributed by atoms with Crippen LogP contribution in [0.5, 0.6) is 0 Å². The van der Waals surface area contributed by atoms with E-state index in [1.807, 2.05) is 30.5 Å². The summed E-state index contributed by atoms with van der Waals surface area (Å²) < 4.78 is 4.62. The molecule has 3 aromatic carbocycles. The van der Waals surface area contributed by atoms with Crippen LogP contribution in [0.25, 0.3) is 55.6 Å². The molecular formula is C30H22N4. The third kappa shape index (κ3) is 2.85. The first-order chi connectivity index (χ1) is 16.9. The molecule has 0 bridgehead atoms. The summed E-state index contributed by atoms with van der Waals surface area (Å²) in [6.07, 6.45) is 12.8. The van der Waals surface area contributed by atoms with Crippen molar-refractivity contribution in [3.63, 3.8) is 0 Å². The van der Waals surface area contributed by atoms with Crippen LogP contribution in [0.1, 0.15) is 12.8 Å². The number of benzene rings is 3. The minimum absolute atomic E-state index is 0.730. The van der Waals surface area contributed by atoms with Crippen molar-refractivity contribution < 1.29 is 0 Å². The van der Waals surface area contributed by atoms with E-state index in [1.54, 1.807) is 0 Å². The molecule has 0 fully saturated rings. The normalized spacial score (nSPS) is 13.7. The minimum Gasteiger partial charge on any atom is -0.320 e. The third-order valence-electron chi connectivity index (χ3n) is 6.71. The van der Waals surface area contributed by atoms with Crippen LogP contribution in [0.4, 0.5) is 0 Å². The van der Waals surface area contributed by atoms with Gasteiger partial charge in [-0.2, -0.15) is 0 Å². The molecule has 0 amide bonds. The van der Waals surface area contributed by atoms with Gasteiger partial charge in [0.2, 0.25) is 0 Å². The van der Waals surface area contributed by atoms with Crippen molar-refractivity contribution in [3.05, 3.63) is 109 Å². The summed E-state index contributed by atoms with van der Waals surface area (Å²) >= 11 is 0. The Balaban J connectivity index is 1.54. The van der Waals surface area contributed by atoms with Crippen molar-refractivity contribution in [1.82, 2.24) is 19.1 Å². The van der Waals surface area contributed by atoms with Crippen LogP contribution in [0.15, 0.2) is 109 Å². The molecule has 4 nitrogen and oxygen atoms in total. The molecule has 0 spiro atoms. The van der Waals surface area contributed by atoms with E-state index < -0.39 is 0 Å². The van der Waals surface area contributed by atoms with E-state index in [4.69, 9.17) is 4.98 Å². The highest BCUT2D eigenvalue weighted by atomic mass is 15.1. The Morgan fingerprint density at radius 1 is 0.735 bits per heavy atom. The topological polar surface area (TPSA) is 35.6 Å². The van der Waals surface area contributed by atoms with E-state index in [2.05, 4.69) is 93.1 Å². The van der Waals surface area contributed by atoms with Gasteiger partial charge in [0.1, 0.15) is 5.82 Å². The molecule has 0 saturated carbocycles. The zero-order chi connectivity index (χ0) is 22.5. The number of para-hydroxylation sites is 1. The Kier molecular flexibility index (Phi) is 4.24. The van der Waals surface area contributed by atoms with E-state index >= 15 is 0 Å². The second-order valence-electron chi connectivity index (χ2n) is 8.66. The van der Waals surface area contributed by atoms with E-state index in [0.717, 1.165) is 35.6 Å². The van der Waals surface area contributed by atoms with Crippen molar-refractivity contribution in [1.29, 1.82) is 0 Å². The van der Waals surface area contributed by atoms with Gasteiger partial charge in [0.15, 0.2) is 5.82 Å². The first kappa shape index (κ1) is 19.1. The van der Waals surface area contributed by atoms with Gasteiger partial charge in [0, 0.05) is 39.8 Å². The molecule has 4 heteroatoms. The van der Waals surface area contributed by atoms with Gasteiger partial charge in [-0.3, -0.25) is 4.57 Å². The Morgan fingerprint density at radius 3 is 2.50 bits per heavy atom. The number of hydrogen-bond acceptors (Lipinski definition) is 2. The second kappa shape index (κ2) is 7.56. The molecule has 1 aliphatic carbocycles. The predicted molar refractivity (Wildman–Crippen MR) is 140 cm³/mol. The van der Waals surface area contributed by atoms with Gasteiger partial charge < -0.3 is 4.57 Å². The number of hydrogen-bond donors (Lipinski definition) is 0. The van der Waals surface area contributed by atoms with Crippen molar-refractivity contribution in [2.24, 2.45) is 0 Å². The molecule has 1 aliphatic rings. The Bertz CT molecular complexity index is 1750. The Labute approximate surface area is 197 Å². The van der Waals surface area contributed by atoms with E-state index in [9.17, 15) is 0 Å². The number of fused-ring (bicyclic) bond motifs is 5. The molecule has 0 aliphatic heterocycles. The Hall–Kier alpha value is -4.44. The van der Waals surface area contributed by atoms with E-state index in [1.165, 1.54) is 32.9 Å². The summed E-state index contributed by atoms with van der Waals surface area (Å²) in [6.45, 7) is 0. The summed E-state index contributed by atoms with van der Waals surface area (Å²) in [5.74, 6) is 1.60. The largest absolute Gasteiger partial charge is 0.320 e. The fraction of sp³-hybridized carbons (Fsp3) is 0.0667. The van der Waals surface area contributed by atoms with Crippen LogP contribution in [0, 0.1) is 0 Å². The molecule has 7 rings (SSSR count). The van der Waals surface area contributed by atoms with Crippen molar-refractivity contribution in [2.45, 2.75) is 12.8 Å². The number of allylic oxidation sites excluding steroid dienone is 4. The van der Waals surface area contributed by atoms with Gasteiger partial charge >= 0.3 is 0 Å². The summed E-state index contributed by atoms with van der Waals surface area (Å²) in [4.78, 5) is 9.58. The zero-order valence-electron chi connectivity index (χ0n) is 18.6. The van der Waals surface area contributed by atoms with Gasteiger partial charge in [-0.15, -0.1) is 0 Å². The smallest absolute Gasteiger partial charge is 0.161 e. The molecular weight excluding hydrogens is 416 g/mol. The number of nitrogens with zero attached hydrogens (tertiary/aromatic N) is 4. The first-order valence-corrected chi connectivity index (χ1v) is 11.7.